The Bertz CT molecular complexity index is 4410. The van der Waals surface area contributed by atoms with Gasteiger partial charge in [0, 0.05) is 122 Å². The van der Waals surface area contributed by atoms with Crippen LogP contribution in [0.25, 0.3) is 0 Å². The second-order valence-electron chi connectivity index (χ2n) is 29.3. The van der Waals surface area contributed by atoms with E-state index in [0.717, 1.165) is 147 Å². The van der Waals surface area contributed by atoms with Crippen LogP contribution in [0, 0.1) is 46.9 Å². The van der Waals surface area contributed by atoms with Crippen LogP contribution in [0.4, 0.5) is 17.6 Å². The first-order chi connectivity index (χ1) is 61.7. The number of carbonyl (C=O) groups excluding carboxylic acids is 4. The van der Waals surface area contributed by atoms with Crippen molar-refractivity contribution in [3.8, 4) is 69.0 Å². The number of carboxylic acids is 8. The summed E-state index contributed by atoms with van der Waals surface area (Å²) < 4.78 is 120. The van der Waals surface area contributed by atoms with Crippen molar-refractivity contribution in [2.45, 2.75) is 49.4 Å². The molecule has 32 nitrogen and oxygen atoms in total. The van der Waals surface area contributed by atoms with Gasteiger partial charge in [0.2, 0.25) is 27.2 Å². The van der Waals surface area contributed by atoms with Crippen molar-refractivity contribution in [3.63, 3.8) is 0 Å². The summed E-state index contributed by atoms with van der Waals surface area (Å²) in [5.74, 6) is 0.419. The van der Waals surface area contributed by atoms with Gasteiger partial charge in [-0.05, 0) is 144 Å². The molecule has 16 rings (SSSR count). The number of piperidine rings is 4. The lowest BCUT2D eigenvalue weighted by Gasteiger charge is -2.30. The van der Waals surface area contributed by atoms with Crippen LogP contribution in [0.5, 0.6) is 69.0 Å². The summed E-state index contributed by atoms with van der Waals surface area (Å²) in [5.41, 5.74) is 4.79. The minimum atomic E-state index is -1.51. The fraction of sp³-hybridized carbons (Fsp3) is 0.304. The van der Waals surface area contributed by atoms with Gasteiger partial charge < -0.3 is 138 Å². The Hall–Kier alpha value is -14.4. The molecule has 0 aromatic heterocycles. The predicted octanol–water partition coefficient (Wildman–Crippen LogP) is 2.71. The standard InChI is InChI=1S/4C19H20FNO3.4C4H4O4/c4*20-15-3-1-13(2-4-15)17-7-8-21-10-14(17)11-22-16-5-6-18-19(9-16)24-12-23-18;4*5-3(6)1-2-4(7)8/h4*1-6,9,14,17,21H,7-8,10-12H2;4*1-2H,(H,5,6)(H,7,8)/b;;;;4*2-1-/t4*14-,17-;;;;/m0000..../s1. The summed E-state index contributed by atoms with van der Waals surface area (Å²) in [7, 11) is 0. The molecule has 0 aliphatic carbocycles. The maximum Gasteiger partial charge on any atom is 0.328 e. The summed E-state index contributed by atoms with van der Waals surface area (Å²) in [4.78, 5) is 75.9. The van der Waals surface area contributed by atoms with Gasteiger partial charge in [0.15, 0.2) is 46.0 Å². The number of rotatable bonds is 24. The molecule has 8 heterocycles. The van der Waals surface area contributed by atoms with Crippen molar-refractivity contribution in [2.24, 2.45) is 23.7 Å². The van der Waals surface area contributed by atoms with E-state index in [1.165, 1.54) is 22.3 Å². The summed E-state index contributed by atoms with van der Waals surface area (Å²) in [6.07, 6.45) is 8.11. The molecule has 0 spiro atoms. The molecule has 128 heavy (non-hydrogen) atoms. The second kappa shape index (κ2) is 51.2. The van der Waals surface area contributed by atoms with Crippen molar-refractivity contribution >= 4 is 47.8 Å². The third-order valence-electron chi connectivity index (χ3n) is 20.8. The van der Waals surface area contributed by atoms with Gasteiger partial charge in [-0.2, -0.15) is 0 Å². The molecule has 8 aliphatic heterocycles. The first-order valence-electron chi connectivity index (χ1n) is 40.5. The molecule has 4 saturated heterocycles. The zero-order valence-corrected chi connectivity index (χ0v) is 69.0. The Labute approximate surface area is 731 Å². The quantitative estimate of drug-likeness (QED) is 0.0318. The topological polar surface area (TPSA) is 487 Å². The van der Waals surface area contributed by atoms with Gasteiger partial charge in [-0.1, -0.05) is 48.5 Å². The molecule has 0 amide bonds. The molecule has 36 heteroatoms. The number of fused-ring (bicyclic) bond motifs is 4. The minimum absolute atomic E-state index is 0.186. The fourth-order valence-electron chi connectivity index (χ4n) is 14.7. The van der Waals surface area contributed by atoms with Gasteiger partial charge in [0.25, 0.3) is 0 Å². The molecule has 8 atom stereocenters. The SMILES string of the molecule is Fc1ccc([C@@H]2CC[NH2+]C[C@H]2COc2ccc3c(c2)OCO3)cc1.Fc1ccc([C@@H]2CC[NH2+]C[C@H]2COc2ccc3c(c2)OCO3)cc1.Fc1ccc([C@@H]2CC[NH2+]C[C@H]2COc2ccc3c(c2)OCO3)cc1.Fc1ccc([C@@H]2CC[NH2+]C[C@H]2COc2ccc3c(c2)OCO3)cc1.O=C([O-])/C=C\C(=O)O.O=C([O-])/C=C\C(=O)O.O=C([O-])/C=C\C(=O)O.O=C([O-])/C=C\C(=O)O. The van der Waals surface area contributed by atoms with Crippen molar-refractivity contribution in [1.82, 2.24) is 0 Å². The highest BCUT2D eigenvalue weighted by Crippen LogP contribution is 2.41. The van der Waals surface area contributed by atoms with Crippen molar-refractivity contribution < 1.29 is 175 Å². The highest BCUT2D eigenvalue weighted by Gasteiger charge is 2.34. The number of aliphatic carboxylic acids is 8. The number of hydrogen-bond acceptors (Lipinski definition) is 24. The lowest BCUT2D eigenvalue weighted by Crippen LogP contribution is -2.88. The molecule has 680 valence electrons. The van der Waals surface area contributed by atoms with Gasteiger partial charge >= 0.3 is 23.9 Å². The minimum Gasteiger partial charge on any atom is -0.545 e. The average Bonchev–Trinajstić information content (AvgIpc) is 1.51. The van der Waals surface area contributed by atoms with Crippen LogP contribution in [-0.2, 0) is 38.4 Å². The van der Waals surface area contributed by atoms with Gasteiger partial charge in [0.05, 0.1) is 103 Å². The van der Waals surface area contributed by atoms with Crippen LogP contribution < -0.4 is 98.5 Å². The summed E-state index contributed by atoms with van der Waals surface area (Å²) in [5, 5.41) is 78.2. The molecular weight excluding hydrogens is 1690 g/mol. The number of hydrogen-bond donors (Lipinski definition) is 8. The van der Waals surface area contributed by atoms with Crippen LogP contribution in [0.3, 0.4) is 0 Å². The molecule has 0 bridgehead atoms. The lowest BCUT2D eigenvalue weighted by molar-refractivity contribution is -0.670. The van der Waals surface area contributed by atoms with Crippen molar-refractivity contribution in [3.05, 3.63) is 264 Å². The van der Waals surface area contributed by atoms with E-state index in [0.29, 0.717) is 122 Å². The van der Waals surface area contributed by atoms with E-state index in [-0.39, 0.29) is 50.4 Å². The van der Waals surface area contributed by atoms with Crippen LogP contribution >= 0.6 is 0 Å². The smallest absolute Gasteiger partial charge is 0.328 e. The highest BCUT2D eigenvalue weighted by molar-refractivity contribution is 5.90. The number of ether oxygens (including phenoxy) is 12. The van der Waals surface area contributed by atoms with E-state index in [1.54, 1.807) is 48.5 Å². The highest BCUT2D eigenvalue weighted by atomic mass is 19.1. The van der Waals surface area contributed by atoms with E-state index < -0.39 is 47.8 Å². The zero-order chi connectivity index (χ0) is 91.7. The average molecular weight is 1780 g/mol. The largest absolute Gasteiger partial charge is 0.545 e. The number of halogens is 4. The molecule has 0 radical (unpaired) electrons. The number of carboxylic acid groups (broad SMARTS) is 8. The van der Waals surface area contributed by atoms with Gasteiger partial charge in [0.1, 0.15) is 46.3 Å². The molecule has 8 aliphatic rings. The van der Waals surface area contributed by atoms with E-state index in [9.17, 15) is 76.3 Å². The molecular formula is C92H96F4N4O28. The Kier molecular flexibility index (Phi) is 39.0. The lowest BCUT2D eigenvalue weighted by atomic mass is 9.81. The van der Waals surface area contributed by atoms with E-state index in [1.807, 2.05) is 121 Å². The Morgan fingerprint density at radius 2 is 0.477 bits per heavy atom. The van der Waals surface area contributed by atoms with Crippen molar-refractivity contribution in [1.29, 1.82) is 0 Å². The summed E-state index contributed by atoms with van der Waals surface area (Å²) in [6.45, 7) is 12.1. The third kappa shape index (κ3) is 33.6. The summed E-state index contributed by atoms with van der Waals surface area (Å²) >= 11 is 0. The van der Waals surface area contributed by atoms with E-state index >= 15 is 0 Å². The van der Waals surface area contributed by atoms with Crippen molar-refractivity contribution in [2.75, 3.05) is 106 Å². The maximum atomic E-state index is 13.2. The number of carbonyl (C=O) groups is 8. The third-order valence-corrected chi connectivity index (χ3v) is 20.8. The van der Waals surface area contributed by atoms with Crippen LogP contribution in [0.15, 0.2) is 218 Å². The van der Waals surface area contributed by atoms with Crippen LogP contribution in [0.1, 0.15) is 71.6 Å². The summed E-state index contributed by atoms with van der Waals surface area (Å²) in [6, 6.07) is 50.2. The van der Waals surface area contributed by atoms with Gasteiger partial charge in [-0.15, -0.1) is 0 Å². The Morgan fingerprint density at radius 1 is 0.289 bits per heavy atom. The second-order valence-corrected chi connectivity index (χ2v) is 29.3. The van der Waals surface area contributed by atoms with E-state index in [4.69, 9.17) is 77.3 Å². The Morgan fingerprint density at radius 3 is 0.648 bits per heavy atom. The Balaban J connectivity index is 0.000000173. The number of quaternary nitrogens is 4. The molecule has 8 aromatic rings. The van der Waals surface area contributed by atoms with Gasteiger partial charge in [-0.3, -0.25) is 0 Å². The monoisotopic (exact) mass is 1780 g/mol. The normalized spacial score (nSPS) is 19.2. The molecule has 4 fully saturated rings. The van der Waals surface area contributed by atoms with Gasteiger partial charge in [-0.25, -0.2) is 36.7 Å². The zero-order valence-electron chi connectivity index (χ0n) is 69.0. The fourth-order valence-corrected chi connectivity index (χ4v) is 14.7. The van der Waals surface area contributed by atoms with Crippen LogP contribution in [0.2, 0.25) is 0 Å². The number of benzene rings is 8. The first kappa shape index (κ1) is 97.4. The molecule has 0 saturated carbocycles. The molecule has 0 unspecified atom stereocenters. The first-order valence-corrected chi connectivity index (χ1v) is 40.5. The molecule has 12 N–H and O–H groups in total. The van der Waals surface area contributed by atoms with E-state index in [2.05, 4.69) is 21.3 Å². The van der Waals surface area contributed by atoms with Crippen LogP contribution in [-0.4, -0.2) is 174 Å². The predicted molar refractivity (Wildman–Crippen MR) is 435 cm³/mol. The number of nitrogens with two attached hydrogens (primary N) is 4. The maximum absolute atomic E-state index is 13.2. The molecule has 8 aromatic carbocycles.